The van der Waals surface area contributed by atoms with Crippen LogP contribution in [0.3, 0.4) is 0 Å². The number of rotatable bonds is 4. The molecule has 1 aliphatic heterocycles. The maximum absolute atomic E-state index is 13.7. The van der Waals surface area contributed by atoms with Crippen LogP contribution in [0.25, 0.3) is 0 Å². The van der Waals surface area contributed by atoms with E-state index in [4.69, 9.17) is 0 Å². The van der Waals surface area contributed by atoms with Crippen molar-refractivity contribution < 1.29 is 14.3 Å². The third kappa shape index (κ3) is 4.65. The fraction of sp³-hybridized carbons (Fsp3) is 0.500. The first-order valence-electron chi connectivity index (χ1n) is 6.53. The van der Waals surface area contributed by atoms with Gasteiger partial charge in [-0.3, -0.25) is 0 Å². The van der Waals surface area contributed by atoms with Crippen LogP contribution in [0.4, 0.5) is 9.18 Å². The molecular formula is C14H20ClFN2O2. The topological polar surface area (TPSA) is 52.6 Å². The standard InChI is InChI=1S/C14H19FN2O2.ClH/c15-13-8-16-7-6-12(13)10-17(14(18)19)9-11-4-2-1-3-5-11;/h1-5,12-13,16H,6-10H2,(H,18,19);1H/t12-,13-;/m1./s1. The highest BCUT2D eigenvalue weighted by atomic mass is 35.5. The van der Waals surface area contributed by atoms with E-state index in [-0.39, 0.29) is 24.9 Å². The summed E-state index contributed by atoms with van der Waals surface area (Å²) in [6.45, 7) is 1.65. The molecule has 1 heterocycles. The van der Waals surface area contributed by atoms with Gasteiger partial charge in [-0.1, -0.05) is 30.3 Å². The molecule has 0 aromatic heterocycles. The summed E-state index contributed by atoms with van der Waals surface area (Å²) in [5.41, 5.74) is 0.925. The average Bonchev–Trinajstić information content (AvgIpc) is 2.41. The average molecular weight is 303 g/mol. The van der Waals surface area contributed by atoms with Crippen LogP contribution >= 0.6 is 12.4 Å². The molecule has 0 bridgehead atoms. The number of hydrogen-bond acceptors (Lipinski definition) is 2. The van der Waals surface area contributed by atoms with E-state index >= 15 is 0 Å². The number of alkyl halides is 1. The van der Waals surface area contributed by atoms with Crippen molar-refractivity contribution in [2.24, 2.45) is 5.92 Å². The van der Waals surface area contributed by atoms with Gasteiger partial charge in [0.2, 0.25) is 0 Å². The molecule has 2 rings (SSSR count). The first kappa shape index (κ1) is 16.7. The van der Waals surface area contributed by atoms with Crippen LogP contribution in [-0.2, 0) is 6.54 Å². The highest BCUT2D eigenvalue weighted by Gasteiger charge is 2.28. The van der Waals surface area contributed by atoms with Crippen molar-refractivity contribution in [3.63, 3.8) is 0 Å². The third-order valence-electron chi connectivity index (χ3n) is 3.48. The summed E-state index contributed by atoms with van der Waals surface area (Å²) in [4.78, 5) is 12.6. The van der Waals surface area contributed by atoms with Gasteiger partial charge < -0.3 is 15.3 Å². The second kappa shape index (κ2) is 8.07. The number of amides is 1. The summed E-state index contributed by atoms with van der Waals surface area (Å²) in [6, 6.07) is 9.39. The molecule has 1 aromatic rings. The summed E-state index contributed by atoms with van der Waals surface area (Å²) in [5.74, 6) is -0.207. The van der Waals surface area contributed by atoms with E-state index in [0.29, 0.717) is 19.5 Å². The minimum Gasteiger partial charge on any atom is -0.465 e. The minimum absolute atomic E-state index is 0. The predicted octanol–water partition coefficient (Wildman–Crippen LogP) is 2.54. The number of halogens is 2. The quantitative estimate of drug-likeness (QED) is 0.898. The fourth-order valence-corrected chi connectivity index (χ4v) is 2.38. The van der Waals surface area contributed by atoms with Crippen LogP contribution in [0, 0.1) is 5.92 Å². The monoisotopic (exact) mass is 302 g/mol. The zero-order valence-electron chi connectivity index (χ0n) is 11.2. The van der Waals surface area contributed by atoms with Crippen LogP contribution in [0.1, 0.15) is 12.0 Å². The van der Waals surface area contributed by atoms with Crippen molar-refractivity contribution in [2.75, 3.05) is 19.6 Å². The molecule has 1 saturated heterocycles. The maximum atomic E-state index is 13.7. The molecule has 0 unspecified atom stereocenters. The van der Waals surface area contributed by atoms with Crippen LogP contribution in [0.5, 0.6) is 0 Å². The molecule has 20 heavy (non-hydrogen) atoms. The number of benzene rings is 1. The Morgan fingerprint density at radius 2 is 2.10 bits per heavy atom. The zero-order chi connectivity index (χ0) is 13.7. The van der Waals surface area contributed by atoms with E-state index in [1.165, 1.54) is 4.90 Å². The molecule has 1 fully saturated rings. The smallest absolute Gasteiger partial charge is 0.407 e. The normalized spacial score (nSPS) is 21.9. The van der Waals surface area contributed by atoms with E-state index in [1.807, 2.05) is 30.3 Å². The second-order valence-electron chi connectivity index (χ2n) is 4.92. The fourth-order valence-electron chi connectivity index (χ4n) is 2.38. The van der Waals surface area contributed by atoms with Gasteiger partial charge in [0.15, 0.2) is 0 Å². The van der Waals surface area contributed by atoms with Gasteiger partial charge in [-0.05, 0) is 18.5 Å². The van der Waals surface area contributed by atoms with Crippen molar-refractivity contribution in [3.05, 3.63) is 35.9 Å². The summed E-state index contributed by atoms with van der Waals surface area (Å²) in [5, 5.41) is 12.2. The van der Waals surface area contributed by atoms with E-state index in [2.05, 4.69) is 5.32 Å². The van der Waals surface area contributed by atoms with Gasteiger partial charge in [0.05, 0.1) is 0 Å². The molecule has 0 radical (unpaired) electrons. The van der Waals surface area contributed by atoms with E-state index in [9.17, 15) is 14.3 Å². The maximum Gasteiger partial charge on any atom is 0.407 e. The van der Waals surface area contributed by atoms with Crippen LogP contribution in [0.2, 0.25) is 0 Å². The van der Waals surface area contributed by atoms with E-state index in [1.54, 1.807) is 0 Å². The number of carbonyl (C=O) groups is 1. The summed E-state index contributed by atoms with van der Waals surface area (Å²) < 4.78 is 13.7. The van der Waals surface area contributed by atoms with Crippen molar-refractivity contribution in [2.45, 2.75) is 19.1 Å². The third-order valence-corrected chi connectivity index (χ3v) is 3.48. The molecule has 6 heteroatoms. The lowest BCUT2D eigenvalue weighted by Gasteiger charge is -2.31. The number of carboxylic acid groups (broad SMARTS) is 1. The lowest BCUT2D eigenvalue weighted by atomic mass is 9.95. The van der Waals surface area contributed by atoms with E-state index < -0.39 is 12.3 Å². The van der Waals surface area contributed by atoms with Gasteiger partial charge in [-0.2, -0.15) is 0 Å². The van der Waals surface area contributed by atoms with Crippen molar-refractivity contribution in [1.82, 2.24) is 10.2 Å². The van der Waals surface area contributed by atoms with Crippen molar-refractivity contribution in [1.29, 1.82) is 0 Å². The molecule has 0 saturated carbocycles. The lowest BCUT2D eigenvalue weighted by Crippen LogP contribution is -2.44. The van der Waals surface area contributed by atoms with Gasteiger partial charge in [0, 0.05) is 25.6 Å². The Kier molecular flexibility index (Phi) is 6.75. The minimum atomic E-state index is -0.991. The summed E-state index contributed by atoms with van der Waals surface area (Å²) in [6.07, 6.45) is -1.28. The van der Waals surface area contributed by atoms with Crippen LogP contribution in [0.15, 0.2) is 30.3 Å². The highest BCUT2D eigenvalue weighted by molar-refractivity contribution is 5.85. The molecular weight excluding hydrogens is 283 g/mol. The number of piperidine rings is 1. The van der Waals surface area contributed by atoms with Crippen molar-refractivity contribution >= 4 is 18.5 Å². The van der Waals surface area contributed by atoms with Crippen LogP contribution < -0.4 is 5.32 Å². The largest absolute Gasteiger partial charge is 0.465 e. The zero-order valence-corrected chi connectivity index (χ0v) is 12.0. The van der Waals surface area contributed by atoms with Crippen molar-refractivity contribution in [3.8, 4) is 0 Å². The predicted molar refractivity (Wildman–Crippen MR) is 78.0 cm³/mol. The molecule has 2 N–H and O–H groups in total. The lowest BCUT2D eigenvalue weighted by molar-refractivity contribution is 0.103. The van der Waals surface area contributed by atoms with Gasteiger partial charge in [-0.15, -0.1) is 12.4 Å². The first-order chi connectivity index (χ1) is 9.16. The van der Waals surface area contributed by atoms with E-state index in [0.717, 1.165) is 12.1 Å². The number of hydrogen-bond donors (Lipinski definition) is 2. The Labute approximate surface area is 124 Å². The number of nitrogens with zero attached hydrogens (tertiary/aromatic N) is 1. The molecule has 0 aliphatic carbocycles. The Bertz CT molecular complexity index is 419. The Hall–Kier alpha value is -1.33. The second-order valence-corrected chi connectivity index (χ2v) is 4.92. The highest BCUT2D eigenvalue weighted by Crippen LogP contribution is 2.18. The van der Waals surface area contributed by atoms with Gasteiger partial charge in [0.1, 0.15) is 6.17 Å². The van der Waals surface area contributed by atoms with Crippen LogP contribution in [-0.4, -0.2) is 41.9 Å². The molecule has 112 valence electrons. The Balaban J connectivity index is 0.00000200. The molecule has 2 atom stereocenters. The SMILES string of the molecule is Cl.O=C(O)N(Cc1ccccc1)C[C@H]1CCNC[C@H]1F. The van der Waals surface area contributed by atoms with Gasteiger partial charge in [-0.25, -0.2) is 9.18 Å². The Morgan fingerprint density at radius 1 is 1.40 bits per heavy atom. The molecule has 1 aromatic carbocycles. The Morgan fingerprint density at radius 3 is 2.70 bits per heavy atom. The number of nitrogens with one attached hydrogen (secondary N) is 1. The summed E-state index contributed by atoms with van der Waals surface area (Å²) >= 11 is 0. The summed E-state index contributed by atoms with van der Waals surface area (Å²) in [7, 11) is 0. The van der Waals surface area contributed by atoms with Gasteiger partial charge in [0.25, 0.3) is 0 Å². The molecule has 4 nitrogen and oxygen atoms in total. The molecule has 1 aliphatic rings. The first-order valence-corrected chi connectivity index (χ1v) is 6.53. The van der Waals surface area contributed by atoms with Gasteiger partial charge >= 0.3 is 6.09 Å². The molecule has 1 amide bonds. The molecule has 0 spiro atoms.